The first-order valence-corrected chi connectivity index (χ1v) is 6.77. The highest BCUT2D eigenvalue weighted by molar-refractivity contribution is 5.94. The van der Waals surface area contributed by atoms with E-state index >= 15 is 0 Å². The Morgan fingerprint density at radius 3 is 2.10 bits per heavy atom. The highest BCUT2D eigenvalue weighted by atomic mass is 16.4. The summed E-state index contributed by atoms with van der Waals surface area (Å²) in [5.74, 6) is -1.18. The molecule has 0 unspecified atom stereocenters. The Morgan fingerprint density at radius 2 is 1.52 bits per heavy atom. The molecule has 0 saturated carbocycles. The van der Waals surface area contributed by atoms with Crippen molar-refractivity contribution >= 4 is 11.9 Å². The van der Waals surface area contributed by atoms with Gasteiger partial charge in [0.1, 0.15) is 0 Å². The van der Waals surface area contributed by atoms with Crippen LogP contribution in [-0.2, 0) is 11.2 Å². The molecule has 2 N–H and O–H groups in total. The maximum atomic E-state index is 12.1. The maximum absolute atomic E-state index is 12.1. The zero-order chi connectivity index (χ0) is 15.1. The summed E-state index contributed by atoms with van der Waals surface area (Å²) in [5.41, 5.74) is 1.53. The van der Waals surface area contributed by atoms with Crippen LogP contribution in [0.2, 0.25) is 0 Å². The van der Waals surface area contributed by atoms with Gasteiger partial charge in [-0.15, -0.1) is 0 Å². The minimum Gasteiger partial charge on any atom is -0.481 e. The van der Waals surface area contributed by atoms with Gasteiger partial charge in [-0.2, -0.15) is 0 Å². The van der Waals surface area contributed by atoms with Gasteiger partial charge in [0.2, 0.25) is 0 Å². The van der Waals surface area contributed by atoms with Crippen molar-refractivity contribution in [2.45, 2.75) is 18.9 Å². The number of benzene rings is 2. The smallest absolute Gasteiger partial charge is 0.305 e. The molecule has 0 spiro atoms. The van der Waals surface area contributed by atoms with Crippen molar-refractivity contribution < 1.29 is 14.7 Å². The lowest BCUT2D eigenvalue weighted by Gasteiger charge is -2.17. The number of carbonyl (C=O) groups excluding carboxylic acids is 1. The van der Waals surface area contributed by atoms with Crippen LogP contribution in [0, 0.1) is 0 Å². The first-order valence-electron chi connectivity index (χ1n) is 6.77. The first-order chi connectivity index (χ1) is 10.1. The highest BCUT2D eigenvalue weighted by Crippen LogP contribution is 2.08. The maximum Gasteiger partial charge on any atom is 0.305 e. The average Bonchev–Trinajstić information content (AvgIpc) is 2.48. The van der Waals surface area contributed by atoms with Crippen LogP contribution >= 0.6 is 0 Å². The topological polar surface area (TPSA) is 66.4 Å². The number of hydrogen-bond acceptors (Lipinski definition) is 2. The lowest BCUT2D eigenvalue weighted by atomic mass is 10.0. The molecule has 0 aliphatic rings. The van der Waals surface area contributed by atoms with Gasteiger partial charge in [0.15, 0.2) is 0 Å². The minimum atomic E-state index is -0.927. The summed E-state index contributed by atoms with van der Waals surface area (Å²) >= 11 is 0. The van der Waals surface area contributed by atoms with E-state index in [0.717, 1.165) is 5.56 Å². The standard InChI is InChI=1S/C17H17NO3/c19-16(20)12-15(11-13-7-3-1-4-8-13)18-17(21)14-9-5-2-6-10-14/h1-10,15H,11-12H2,(H,18,21)(H,19,20)/t15-/m1/s1. The first kappa shape index (κ1) is 14.8. The third-order valence-corrected chi connectivity index (χ3v) is 3.12. The van der Waals surface area contributed by atoms with Gasteiger partial charge in [-0.05, 0) is 24.1 Å². The summed E-state index contributed by atoms with van der Waals surface area (Å²) in [5, 5.41) is 11.8. The lowest BCUT2D eigenvalue weighted by molar-refractivity contribution is -0.137. The molecule has 0 aliphatic heterocycles. The summed E-state index contributed by atoms with van der Waals surface area (Å²) in [4.78, 5) is 23.1. The van der Waals surface area contributed by atoms with E-state index in [1.165, 1.54) is 0 Å². The molecule has 0 fully saturated rings. The number of rotatable bonds is 6. The fourth-order valence-corrected chi connectivity index (χ4v) is 2.14. The SMILES string of the molecule is O=C(O)C[C@@H](Cc1ccccc1)NC(=O)c1ccccc1. The van der Waals surface area contributed by atoms with Crippen LogP contribution in [0.3, 0.4) is 0 Å². The Hall–Kier alpha value is -2.62. The molecule has 0 saturated heterocycles. The van der Waals surface area contributed by atoms with Crippen molar-refractivity contribution in [2.24, 2.45) is 0 Å². The summed E-state index contributed by atoms with van der Waals surface area (Å²) in [6, 6.07) is 17.9. The predicted molar refractivity (Wildman–Crippen MR) is 80.1 cm³/mol. The van der Waals surface area contributed by atoms with Crippen molar-refractivity contribution in [3.63, 3.8) is 0 Å². The zero-order valence-electron chi connectivity index (χ0n) is 11.5. The molecule has 2 aromatic carbocycles. The largest absolute Gasteiger partial charge is 0.481 e. The Balaban J connectivity index is 2.06. The van der Waals surface area contributed by atoms with Gasteiger partial charge < -0.3 is 10.4 Å². The molecule has 0 bridgehead atoms. The molecule has 2 aromatic rings. The van der Waals surface area contributed by atoms with E-state index in [-0.39, 0.29) is 12.3 Å². The second-order valence-electron chi connectivity index (χ2n) is 4.82. The predicted octanol–water partition coefficient (Wildman–Crippen LogP) is 2.50. The number of carbonyl (C=O) groups is 2. The van der Waals surface area contributed by atoms with Crippen LogP contribution in [-0.4, -0.2) is 23.0 Å². The average molecular weight is 283 g/mol. The highest BCUT2D eigenvalue weighted by Gasteiger charge is 2.17. The van der Waals surface area contributed by atoms with Crippen molar-refractivity contribution in [1.29, 1.82) is 0 Å². The molecule has 0 radical (unpaired) electrons. The number of nitrogens with one attached hydrogen (secondary N) is 1. The van der Waals surface area contributed by atoms with E-state index in [1.54, 1.807) is 24.3 Å². The molecule has 1 amide bonds. The van der Waals surface area contributed by atoms with E-state index in [9.17, 15) is 9.59 Å². The Labute approximate surface area is 123 Å². The number of aliphatic carboxylic acids is 1. The molecule has 108 valence electrons. The molecular weight excluding hydrogens is 266 g/mol. The van der Waals surface area contributed by atoms with Crippen molar-refractivity contribution in [2.75, 3.05) is 0 Å². The molecule has 21 heavy (non-hydrogen) atoms. The van der Waals surface area contributed by atoms with Crippen LogP contribution in [0.15, 0.2) is 60.7 Å². The van der Waals surface area contributed by atoms with Gasteiger partial charge >= 0.3 is 5.97 Å². The van der Waals surface area contributed by atoms with Crippen molar-refractivity contribution in [3.05, 3.63) is 71.8 Å². The second kappa shape index (κ2) is 7.24. The number of amides is 1. The lowest BCUT2D eigenvalue weighted by Crippen LogP contribution is -2.38. The Kier molecular flexibility index (Phi) is 5.10. The monoisotopic (exact) mass is 283 g/mol. The van der Waals surface area contributed by atoms with Crippen LogP contribution in [0.25, 0.3) is 0 Å². The quantitative estimate of drug-likeness (QED) is 0.856. The van der Waals surface area contributed by atoms with Crippen molar-refractivity contribution in [1.82, 2.24) is 5.32 Å². The molecule has 0 aromatic heterocycles. The molecule has 0 aliphatic carbocycles. The third kappa shape index (κ3) is 4.76. The third-order valence-electron chi connectivity index (χ3n) is 3.12. The van der Waals surface area contributed by atoms with Crippen LogP contribution in [0.4, 0.5) is 0 Å². The van der Waals surface area contributed by atoms with Crippen molar-refractivity contribution in [3.8, 4) is 0 Å². The van der Waals surface area contributed by atoms with E-state index < -0.39 is 12.0 Å². The summed E-state index contributed by atoms with van der Waals surface area (Å²) < 4.78 is 0. The summed E-state index contributed by atoms with van der Waals surface area (Å²) in [7, 11) is 0. The van der Waals surface area contributed by atoms with Gasteiger partial charge in [0.25, 0.3) is 5.91 Å². The summed E-state index contributed by atoms with van der Waals surface area (Å²) in [6.45, 7) is 0. The van der Waals surface area contributed by atoms with Gasteiger partial charge in [-0.3, -0.25) is 9.59 Å². The fourth-order valence-electron chi connectivity index (χ4n) is 2.14. The number of carboxylic acid groups (broad SMARTS) is 1. The number of hydrogen-bond donors (Lipinski definition) is 2. The Bertz CT molecular complexity index is 596. The second-order valence-corrected chi connectivity index (χ2v) is 4.82. The zero-order valence-corrected chi connectivity index (χ0v) is 11.5. The van der Waals surface area contributed by atoms with Crippen LogP contribution in [0.1, 0.15) is 22.3 Å². The van der Waals surface area contributed by atoms with Gasteiger partial charge in [-0.1, -0.05) is 48.5 Å². The van der Waals surface area contributed by atoms with Crippen LogP contribution in [0.5, 0.6) is 0 Å². The molecular formula is C17H17NO3. The molecule has 2 rings (SSSR count). The van der Waals surface area contributed by atoms with Gasteiger partial charge in [-0.25, -0.2) is 0 Å². The molecule has 0 heterocycles. The summed E-state index contributed by atoms with van der Waals surface area (Å²) in [6.07, 6.45) is 0.388. The van der Waals surface area contributed by atoms with E-state index in [4.69, 9.17) is 5.11 Å². The van der Waals surface area contributed by atoms with Crippen LogP contribution < -0.4 is 5.32 Å². The minimum absolute atomic E-state index is 0.104. The number of carboxylic acids is 1. The van der Waals surface area contributed by atoms with E-state index in [2.05, 4.69) is 5.32 Å². The van der Waals surface area contributed by atoms with Gasteiger partial charge in [0, 0.05) is 11.6 Å². The fraction of sp³-hybridized carbons (Fsp3) is 0.176. The molecule has 4 nitrogen and oxygen atoms in total. The molecule has 4 heteroatoms. The van der Waals surface area contributed by atoms with E-state index in [0.29, 0.717) is 12.0 Å². The van der Waals surface area contributed by atoms with E-state index in [1.807, 2.05) is 36.4 Å². The normalized spacial score (nSPS) is 11.6. The van der Waals surface area contributed by atoms with Gasteiger partial charge in [0.05, 0.1) is 6.42 Å². The Morgan fingerprint density at radius 1 is 0.952 bits per heavy atom. The molecule has 1 atom stereocenters.